The maximum absolute atomic E-state index is 4.48. The maximum Gasteiger partial charge on any atom is 0.193 e. The average Bonchev–Trinajstić information content (AvgIpc) is 3.14. The van der Waals surface area contributed by atoms with Crippen molar-refractivity contribution in [2.45, 2.75) is 19.8 Å². The normalized spacial score (nSPS) is 14.9. The van der Waals surface area contributed by atoms with Crippen molar-refractivity contribution < 1.29 is 0 Å². The molecule has 2 aromatic rings. The molecule has 1 aromatic heterocycles. The number of aliphatic imine (C=N–C) groups is 1. The van der Waals surface area contributed by atoms with Gasteiger partial charge in [0.1, 0.15) is 0 Å². The molecule has 0 spiro atoms. The average molecular weight is 485 g/mol. The second-order valence-corrected chi connectivity index (χ2v) is 7.31. The van der Waals surface area contributed by atoms with E-state index in [-0.39, 0.29) is 24.0 Å². The number of hydrogen-bond donors (Lipinski definition) is 1. The van der Waals surface area contributed by atoms with Gasteiger partial charge >= 0.3 is 0 Å². The summed E-state index contributed by atoms with van der Waals surface area (Å²) in [5.41, 5.74) is 1.31. The molecule has 0 amide bonds. The smallest absolute Gasteiger partial charge is 0.193 e. The number of piperazine rings is 1. The SMILES string of the molecule is CCc1cnc(CCNC(=NC)N2CCN(c3ccccc3)CC2)s1.I. The van der Waals surface area contributed by atoms with Crippen molar-refractivity contribution in [2.75, 3.05) is 44.7 Å². The third kappa shape index (κ3) is 5.57. The van der Waals surface area contributed by atoms with E-state index in [0.717, 1.165) is 51.5 Å². The zero-order valence-electron chi connectivity index (χ0n) is 15.5. The summed E-state index contributed by atoms with van der Waals surface area (Å²) in [7, 11) is 1.87. The van der Waals surface area contributed by atoms with Crippen LogP contribution in [-0.4, -0.2) is 55.6 Å². The molecule has 1 saturated heterocycles. The Morgan fingerprint density at radius 2 is 1.92 bits per heavy atom. The van der Waals surface area contributed by atoms with Crippen molar-refractivity contribution >= 4 is 47.0 Å². The van der Waals surface area contributed by atoms with Crippen molar-refractivity contribution in [2.24, 2.45) is 4.99 Å². The highest BCUT2D eigenvalue weighted by molar-refractivity contribution is 14.0. The fourth-order valence-electron chi connectivity index (χ4n) is 3.06. The molecule has 1 fully saturated rings. The first-order valence-corrected chi connectivity index (χ1v) is 9.81. The van der Waals surface area contributed by atoms with Crippen LogP contribution in [0.3, 0.4) is 0 Å². The first-order chi connectivity index (χ1) is 12.3. The molecule has 2 heterocycles. The van der Waals surface area contributed by atoms with E-state index in [4.69, 9.17) is 0 Å². The van der Waals surface area contributed by atoms with Crippen molar-refractivity contribution in [3.63, 3.8) is 0 Å². The molecule has 0 radical (unpaired) electrons. The highest BCUT2D eigenvalue weighted by Gasteiger charge is 2.19. The summed E-state index contributed by atoms with van der Waals surface area (Å²) >= 11 is 1.81. The highest BCUT2D eigenvalue weighted by atomic mass is 127. The molecule has 0 unspecified atom stereocenters. The Morgan fingerprint density at radius 1 is 1.19 bits per heavy atom. The molecule has 1 N–H and O–H groups in total. The van der Waals surface area contributed by atoms with Gasteiger partial charge in [-0.3, -0.25) is 4.99 Å². The summed E-state index contributed by atoms with van der Waals surface area (Å²) in [6.45, 7) is 7.08. The van der Waals surface area contributed by atoms with Crippen LogP contribution in [0.25, 0.3) is 0 Å². The Morgan fingerprint density at radius 3 is 2.54 bits per heavy atom. The number of nitrogens with zero attached hydrogens (tertiary/aromatic N) is 4. The van der Waals surface area contributed by atoms with E-state index >= 15 is 0 Å². The third-order valence-corrected chi connectivity index (χ3v) is 5.69. The van der Waals surface area contributed by atoms with Crippen LogP contribution in [0.1, 0.15) is 16.8 Å². The lowest BCUT2D eigenvalue weighted by Gasteiger charge is -2.37. The predicted octanol–water partition coefficient (Wildman–Crippen LogP) is 3.26. The van der Waals surface area contributed by atoms with Gasteiger partial charge in [-0.1, -0.05) is 25.1 Å². The van der Waals surface area contributed by atoms with Gasteiger partial charge in [0.05, 0.1) is 5.01 Å². The van der Waals surface area contributed by atoms with Crippen LogP contribution in [0.15, 0.2) is 41.5 Å². The third-order valence-electron chi connectivity index (χ3n) is 4.48. The number of benzene rings is 1. The highest BCUT2D eigenvalue weighted by Crippen LogP contribution is 2.16. The summed E-state index contributed by atoms with van der Waals surface area (Å²) in [4.78, 5) is 15.1. The first kappa shape index (κ1) is 21.0. The van der Waals surface area contributed by atoms with Crippen LogP contribution >= 0.6 is 35.3 Å². The monoisotopic (exact) mass is 485 g/mol. The lowest BCUT2D eigenvalue weighted by molar-refractivity contribution is 0.373. The molecule has 142 valence electrons. The van der Waals surface area contributed by atoms with E-state index in [0.29, 0.717) is 0 Å². The zero-order valence-corrected chi connectivity index (χ0v) is 18.7. The first-order valence-electron chi connectivity index (χ1n) is 8.99. The van der Waals surface area contributed by atoms with Crippen LogP contribution in [0.4, 0.5) is 5.69 Å². The molecule has 1 aliphatic heterocycles. The van der Waals surface area contributed by atoms with Crippen molar-refractivity contribution in [1.29, 1.82) is 0 Å². The summed E-state index contributed by atoms with van der Waals surface area (Å²) in [5, 5.41) is 4.70. The van der Waals surface area contributed by atoms with Crippen molar-refractivity contribution in [1.82, 2.24) is 15.2 Å². The lowest BCUT2D eigenvalue weighted by Crippen LogP contribution is -2.52. The van der Waals surface area contributed by atoms with Gasteiger partial charge in [0.25, 0.3) is 0 Å². The predicted molar refractivity (Wildman–Crippen MR) is 122 cm³/mol. The van der Waals surface area contributed by atoms with Gasteiger partial charge in [-0.2, -0.15) is 0 Å². The Kier molecular flexibility index (Phi) is 8.64. The van der Waals surface area contributed by atoms with Crippen LogP contribution < -0.4 is 10.2 Å². The van der Waals surface area contributed by atoms with Crippen LogP contribution in [-0.2, 0) is 12.8 Å². The second-order valence-electron chi connectivity index (χ2n) is 6.11. The van der Waals surface area contributed by atoms with E-state index in [1.807, 2.05) is 24.6 Å². The topological polar surface area (TPSA) is 43.8 Å². The minimum Gasteiger partial charge on any atom is -0.368 e. The number of anilines is 1. The number of aromatic nitrogens is 1. The number of halogens is 1. The van der Waals surface area contributed by atoms with Gasteiger partial charge in [0.2, 0.25) is 0 Å². The summed E-state index contributed by atoms with van der Waals surface area (Å²) in [6.07, 6.45) is 4.02. The maximum atomic E-state index is 4.48. The fraction of sp³-hybridized carbons (Fsp3) is 0.474. The number of nitrogens with one attached hydrogen (secondary N) is 1. The molecular weight excluding hydrogens is 457 g/mol. The molecule has 1 aliphatic rings. The Balaban J connectivity index is 0.00000243. The molecule has 0 bridgehead atoms. The van der Waals surface area contributed by atoms with Gasteiger partial charge < -0.3 is 15.1 Å². The van der Waals surface area contributed by atoms with Gasteiger partial charge in [-0.25, -0.2) is 4.98 Å². The Hall–Kier alpha value is -1.35. The van der Waals surface area contributed by atoms with Crippen LogP contribution in [0.2, 0.25) is 0 Å². The molecule has 0 aliphatic carbocycles. The molecule has 3 rings (SSSR count). The second kappa shape index (κ2) is 10.7. The molecule has 0 saturated carbocycles. The van der Waals surface area contributed by atoms with Crippen molar-refractivity contribution in [3.8, 4) is 0 Å². The molecule has 1 aromatic carbocycles. The molecular formula is C19H28IN5S. The Labute approximate surface area is 177 Å². The number of para-hydroxylation sites is 1. The van der Waals surface area contributed by atoms with E-state index in [1.165, 1.54) is 15.6 Å². The standard InChI is InChI=1S/C19H27N5S.HI/c1-3-17-15-22-18(25-17)9-10-21-19(20-2)24-13-11-23(12-14-24)16-7-5-4-6-8-16;/h4-8,15H,3,9-14H2,1-2H3,(H,20,21);1H. The summed E-state index contributed by atoms with van der Waals surface area (Å²) in [6, 6.07) is 10.6. The van der Waals surface area contributed by atoms with Crippen LogP contribution in [0, 0.1) is 0 Å². The number of hydrogen-bond acceptors (Lipinski definition) is 4. The minimum absolute atomic E-state index is 0. The molecule has 0 atom stereocenters. The molecule has 5 nitrogen and oxygen atoms in total. The quantitative estimate of drug-likeness (QED) is 0.401. The Bertz CT molecular complexity index is 680. The lowest BCUT2D eigenvalue weighted by atomic mass is 10.2. The number of thiazole rings is 1. The molecule has 7 heteroatoms. The van der Waals surface area contributed by atoms with Gasteiger partial charge in [-0.15, -0.1) is 35.3 Å². The largest absolute Gasteiger partial charge is 0.368 e. The van der Waals surface area contributed by atoms with Crippen LogP contribution in [0.5, 0.6) is 0 Å². The van der Waals surface area contributed by atoms with Gasteiger partial charge in [0.15, 0.2) is 5.96 Å². The number of guanidine groups is 1. The van der Waals surface area contributed by atoms with E-state index in [1.54, 1.807) is 0 Å². The van der Waals surface area contributed by atoms with Gasteiger partial charge in [0, 0.05) is 63.0 Å². The van der Waals surface area contributed by atoms with Crippen molar-refractivity contribution in [3.05, 3.63) is 46.4 Å². The number of rotatable bonds is 5. The minimum atomic E-state index is 0. The van der Waals surface area contributed by atoms with Gasteiger partial charge in [-0.05, 0) is 18.6 Å². The summed E-state index contributed by atoms with van der Waals surface area (Å²) in [5.74, 6) is 1.000. The zero-order chi connectivity index (χ0) is 17.5. The fourth-order valence-corrected chi connectivity index (χ4v) is 3.92. The summed E-state index contributed by atoms with van der Waals surface area (Å²) < 4.78 is 0. The van der Waals surface area contributed by atoms with E-state index in [2.05, 4.69) is 62.3 Å². The molecule has 26 heavy (non-hydrogen) atoms. The van der Waals surface area contributed by atoms with E-state index in [9.17, 15) is 0 Å². The van der Waals surface area contributed by atoms with E-state index < -0.39 is 0 Å². The number of aryl methyl sites for hydroxylation is 1.